The first-order chi connectivity index (χ1) is 3.80. The number of hydrogen-bond acceptors (Lipinski definition) is 2. The molecule has 0 N–H and O–H groups in total. The SMILES string of the molecule is CC(C)[N+]1=NC=NC1. The third kappa shape index (κ3) is 0.911. The minimum Gasteiger partial charge on any atom is -0.200 e. The van der Waals surface area contributed by atoms with Crippen LogP contribution < -0.4 is 0 Å². The van der Waals surface area contributed by atoms with Gasteiger partial charge in [-0.2, -0.15) is 4.99 Å². The largest absolute Gasteiger partial charge is 0.263 e. The monoisotopic (exact) mass is 112 g/mol. The van der Waals surface area contributed by atoms with Crippen molar-refractivity contribution in [3.63, 3.8) is 0 Å². The lowest BCUT2D eigenvalue weighted by Crippen LogP contribution is -2.15. The van der Waals surface area contributed by atoms with E-state index in [1.807, 2.05) is 4.70 Å². The number of nitrogens with zero attached hydrogens (tertiary/aromatic N) is 3. The van der Waals surface area contributed by atoms with Crippen molar-refractivity contribution >= 4 is 6.34 Å². The lowest BCUT2D eigenvalue weighted by molar-refractivity contribution is -0.609. The minimum atomic E-state index is 0.484. The summed E-state index contributed by atoms with van der Waals surface area (Å²) in [6.45, 7) is 4.92. The Morgan fingerprint density at radius 3 is 2.62 bits per heavy atom. The van der Waals surface area contributed by atoms with Gasteiger partial charge in [-0.1, -0.05) is 4.70 Å². The zero-order valence-electron chi connectivity index (χ0n) is 5.20. The highest BCUT2D eigenvalue weighted by atomic mass is 15.4. The van der Waals surface area contributed by atoms with Gasteiger partial charge < -0.3 is 0 Å². The van der Waals surface area contributed by atoms with E-state index >= 15 is 0 Å². The highest BCUT2D eigenvalue weighted by Crippen LogP contribution is 1.93. The lowest BCUT2D eigenvalue weighted by atomic mass is 10.4. The zero-order valence-corrected chi connectivity index (χ0v) is 5.20. The van der Waals surface area contributed by atoms with E-state index in [-0.39, 0.29) is 0 Å². The summed E-state index contributed by atoms with van der Waals surface area (Å²) in [7, 11) is 0. The van der Waals surface area contributed by atoms with Gasteiger partial charge in [0.15, 0.2) is 12.4 Å². The molecular formula is C5H10N3+. The Kier molecular flexibility index (Phi) is 1.37. The summed E-state index contributed by atoms with van der Waals surface area (Å²) in [4.78, 5) is 3.92. The predicted molar refractivity (Wildman–Crippen MR) is 31.2 cm³/mol. The maximum Gasteiger partial charge on any atom is 0.263 e. The van der Waals surface area contributed by atoms with Gasteiger partial charge >= 0.3 is 0 Å². The van der Waals surface area contributed by atoms with Crippen molar-refractivity contribution in [3.05, 3.63) is 0 Å². The van der Waals surface area contributed by atoms with Crippen molar-refractivity contribution in [2.75, 3.05) is 6.67 Å². The molecule has 3 heteroatoms. The van der Waals surface area contributed by atoms with Crippen LogP contribution in [-0.4, -0.2) is 23.7 Å². The molecule has 1 aliphatic heterocycles. The van der Waals surface area contributed by atoms with Crippen LogP contribution in [0.5, 0.6) is 0 Å². The smallest absolute Gasteiger partial charge is 0.200 e. The molecule has 1 heterocycles. The van der Waals surface area contributed by atoms with E-state index in [1.165, 1.54) is 0 Å². The zero-order chi connectivity index (χ0) is 5.98. The molecule has 0 fully saturated rings. The fraction of sp³-hybridized carbons (Fsp3) is 0.800. The number of rotatable bonds is 1. The Morgan fingerprint density at radius 1 is 1.62 bits per heavy atom. The fourth-order valence-corrected chi connectivity index (χ4v) is 0.556. The van der Waals surface area contributed by atoms with E-state index in [0.29, 0.717) is 6.04 Å². The number of azo groups is 2. The third-order valence-electron chi connectivity index (χ3n) is 1.10. The number of hydrogen-bond donors (Lipinski definition) is 0. The van der Waals surface area contributed by atoms with Crippen molar-refractivity contribution < 1.29 is 4.70 Å². The molecule has 0 aromatic rings. The van der Waals surface area contributed by atoms with Crippen molar-refractivity contribution in [3.8, 4) is 0 Å². The molecule has 0 radical (unpaired) electrons. The molecule has 0 saturated carbocycles. The maximum atomic E-state index is 3.98. The lowest BCUT2D eigenvalue weighted by Gasteiger charge is -1.93. The van der Waals surface area contributed by atoms with Gasteiger partial charge in [0.25, 0.3) is 6.67 Å². The average molecular weight is 112 g/mol. The van der Waals surface area contributed by atoms with Crippen molar-refractivity contribution in [1.29, 1.82) is 0 Å². The summed E-state index contributed by atoms with van der Waals surface area (Å²) >= 11 is 0. The standard InChI is InChI=1S/C5H10N3/c1-5(2)8-4-6-3-7-8/h3,5H,4H2,1-2H3/q+1. The van der Waals surface area contributed by atoms with Crippen molar-refractivity contribution in [1.82, 2.24) is 0 Å². The topological polar surface area (TPSA) is 27.7 Å². The first-order valence-electron chi connectivity index (χ1n) is 2.76. The second-order valence-electron chi connectivity index (χ2n) is 2.09. The molecular weight excluding hydrogens is 102 g/mol. The molecule has 1 aliphatic rings. The van der Waals surface area contributed by atoms with Crippen LogP contribution in [0.1, 0.15) is 13.8 Å². The second kappa shape index (κ2) is 2.03. The van der Waals surface area contributed by atoms with Crippen LogP contribution in [0.15, 0.2) is 10.1 Å². The summed E-state index contributed by atoms with van der Waals surface area (Å²) in [5.41, 5.74) is 0. The maximum absolute atomic E-state index is 3.98. The Labute approximate surface area is 48.7 Å². The van der Waals surface area contributed by atoms with E-state index in [9.17, 15) is 0 Å². The van der Waals surface area contributed by atoms with Crippen molar-refractivity contribution in [2.24, 2.45) is 10.1 Å². The molecule has 0 saturated heterocycles. The first kappa shape index (κ1) is 5.41. The van der Waals surface area contributed by atoms with Gasteiger partial charge in [0, 0.05) is 5.11 Å². The third-order valence-corrected chi connectivity index (χ3v) is 1.10. The molecule has 0 unspecified atom stereocenters. The van der Waals surface area contributed by atoms with Crippen molar-refractivity contribution in [2.45, 2.75) is 19.9 Å². The van der Waals surface area contributed by atoms with Crippen LogP contribution in [0.4, 0.5) is 0 Å². The van der Waals surface area contributed by atoms with E-state index in [0.717, 1.165) is 6.67 Å². The fourth-order valence-electron chi connectivity index (χ4n) is 0.556. The van der Waals surface area contributed by atoms with Crippen LogP contribution in [0.25, 0.3) is 0 Å². The Balaban J connectivity index is 2.51. The van der Waals surface area contributed by atoms with Gasteiger partial charge in [0.2, 0.25) is 0 Å². The summed E-state index contributed by atoms with van der Waals surface area (Å²) in [6, 6.07) is 0.484. The molecule has 0 spiro atoms. The predicted octanol–water partition coefficient (Wildman–Crippen LogP) is 0.859. The quantitative estimate of drug-likeness (QED) is 0.450. The summed E-state index contributed by atoms with van der Waals surface area (Å²) in [5, 5.41) is 3.98. The minimum absolute atomic E-state index is 0.484. The molecule has 8 heavy (non-hydrogen) atoms. The normalized spacial score (nSPS) is 17.6. The molecule has 0 aromatic heterocycles. The molecule has 0 amide bonds. The molecule has 0 aliphatic carbocycles. The molecule has 0 bridgehead atoms. The van der Waals surface area contributed by atoms with Crippen LogP contribution in [-0.2, 0) is 0 Å². The van der Waals surface area contributed by atoms with Crippen LogP contribution >= 0.6 is 0 Å². The Morgan fingerprint density at radius 2 is 2.38 bits per heavy atom. The highest BCUT2D eigenvalue weighted by molar-refractivity contribution is 5.54. The Bertz CT molecular complexity index is 135. The summed E-state index contributed by atoms with van der Waals surface area (Å²) < 4.78 is 1.93. The second-order valence-corrected chi connectivity index (χ2v) is 2.09. The van der Waals surface area contributed by atoms with Crippen LogP contribution in [0.2, 0.25) is 0 Å². The average Bonchev–Trinajstić information content (AvgIpc) is 2.12. The van der Waals surface area contributed by atoms with E-state index in [2.05, 4.69) is 24.0 Å². The van der Waals surface area contributed by atoms with Crippen LogP contribution in [0, 0.1) is 0 Å². The molecule has 0 atom stereocenters. The van der Waals surface area contributed by atoms with Gasteiger partial charge in [0.05, 0.1) is 0 Å². The molecule has 3 nitrogen and oxygen atoms in total. The van der Waals surface area contributed by atoms with Gasteiger partial charge in [-0.25, -0.2) is 0 Å². The van der Waals surface area contributed by atoms with E-state index < -0.39 is 0 Å². The van der Waals surface area contributed by atoms with Crippen LogP contribution in [0.3, 0.4) is 0 Å². The summed E-state index contributed by atoms with van der Waals surface area (Å²) in [6.07, 6.45) is 1.60. The van der Waals surface area contributed by atoms with Gasteiger partial charge in [-0.15, -0.1) is 0 Å². The summed E-state index contributed by atoms with van der Waals surface area (Å²) in [5.74, 6) is 0. The highest BCUT2D eigenvalue weighted by Gasteiger charge is 2.12. The van der Waals surface area contributed by atoms with E-state index in [1.54, 1.807) is 6.34 Å². The molecule has 0 aromatic carbocycles. The molecule has 1 rings (SSSR count). The Hall–Kier alpha value is -0.730. The van der Waals surface area contributed by atoms with E-state index in [4.69, 9.17) is 0 Å². The van der Waals surface area contributed by atoms with Gasteiger partial charge in [-0.05, 0) is 13.8 Å². The van der Waals surface area contributed by atoms with Gasteiger partial charge in [0.1, 0.15) is 0 Å². The van der Waals surface area contributed by atoms with Gasteiger partial charge in [-0.3, -0.25) is 0 Å². The number of aliphatic imine (C=N–C) groups is 1. The first-order valence-corrected chi connectivity index (χ1v) is 2.76. The molecule has 44 valence electrons.